The van der Waals surface area contributed by atoms with E-state index in [9.17, 15) is 4.79 Å². The van der Waals surface area contributed by atoms with Crippen molar-refractivity contribution in [1.29, 1.82) is 0 Å². The smallest absolute Gasteiger partial charge is 0.236 e. The van der Waals surface area contributed by atoms with E-state index >= 15 is 0 Å². The highest BCUT2D eigenvalue weighted by molar-refractivity contribution is 5.81. The van der Waals surface area contributed by atoms with E-state index in [2.05, 4.69) is 22.5 Å². The maximum atomic E-state index is 11.8. The second-order valence-corrected chi connectivity index (χ2v) is 4.78. The lowest BCUT2D eigenvalue weighted by molar-refractivity contribution is -0.122. The molecule has 4 nitrogen and oxygen atoms in total. The minimum atomic E-state index is -0.136. The summed E-state index contributed by atoms with van der Waals surface area (Å²) in [4.78, 5) is 15.7. The van der Waals surface area contributed by atoms with Crippen LogP contribution in [-0.2, 0) is 11.2 Å². The summed E-state index contributed by atoms with van der Waals surface area (Å²) in [7, 11) is 0. The van der Waals surface area contributed by atoms with Gasteiger partial charge in [0.05, 0.1) is 6.04 Å². The normalized spacial score (nSPS) is 12.1. The molecule has 0 aliphatic heterocycles. The summed E-state index contributed by atoms with van der Waals surface area (Å²) < 4.78 is 0. The molecule has 1 amide bonds. The molecule has 4 heteroatoms. The molecule has 0 saturated carbocycles. The minimum absolute atomic E-state index is 0.0887. The first-order chi connectivity index (χ1) is 9.24. The summed E-state index contributed by atoms with van der Waals surface area (Å²) in [6.07, 6.45) is 7.90. The Labute approximate surface area is 116 Å². The van der Waals surface area contributed by atoms with Gasteiger partial charge in [0.25, 0.3) is 0 Å². The van der Waals surface area contributed by atoms with Crippen LogP contribution < -0.4 is 10.6 Å². The van der Waals surface area contributed by atoms with Crippen LogP contribution in [0.4, 0.5) is 0 Å². The second-order valence-electron chi connectivity index (χ2n) is 4.78. The van der Waals surface area contributed by atoms with Crippen LogP contribution in [-0.4, -0.2) is 30.0 Å². The highest BCUT2D eigenvalue weighted by atomic mass is 16.2. The largest absolute Gasteiger partial charge is 0.355 e. The average molecular weight is 263 g/mol. The molecule has 1 aromatic rings. The van der Waals surface area contributed by atoms with Gasteiger partial charge in [0.15, 0.2) is 0 Å². The van der Waals surface area contributed by atoms with Crippen molar-refractivity contribution in [1.82, 2.24) is 15.6 Å². The molecule has 1 rings (SSSR count). The third-order valence-corrected chi connectivity index (χ3v) is 3.09. The quantitative estimate of drug-likeness (QED) is 0.669. The molecule has 0 aliphatic carbocycles. The molecule has 0 fully saturated rings. The van der Waals surface area contributed by atoms with E-state index in [0.29, 0.717) is 0 Å². The molecular formula is C15H25N3O. The van der Waals surface area contributed by atoms with Gasteiger partial charge in [0, 0.05) is 18.9 Å². The van der Waals surface area contributed by atoms with Gasteiger partial charge in [0.2, 0.25) is 5.91 Å². The zero-order valence-electron chi connectivity index (χ0n) is 12.0. The van der Waals surface area contributed by atoms with E-state index in [4.69, 9.17) is 0 Å². The van der Waals surface area contributed by atoms with Gasteiger partial charge in [-0.25, -0.2) is 0 Å². The van der Waals surface area contributed by atoms with Crippen LogP contribution in [0, 0.1) is 0 Å². The van der Waals surface area contributed by atoms with Crippen LogP contribution >= 0.6 is 0 Å². The van der Waals surface area contributed by atoms with Crippen molar-refractivity contribution in [3.8, 4) is 0 Å². The van der Waals surface area contributed by atoms with E-state index in [-0.39, 0.29) is 11.9 Å². The van der Waals surface area contributed by atoms with Crippen LogP contribution in [0.15, 0.2) is 24.5 Å². The number of pyridine rings is 1. The van der Waals surface area contributed by atoms with Crippen LogP contribution in [0.2, 0.25) is 0 Å². The lowest BCUT2D eigenvalue weighted by atomic mass is 10.2. The average Bonchev–Trinajstić information content (AvgIpc) is 2.44. The zero-order chi connectivity index (χ0) is 13.9. The predicted molar refractivity (Wildman–Crippen MR) is 77.9 cm³/mol. The summed E-state index contributed by atoms with van der Waals surface area (Å²) in [5.74, 6) is 0.0887. The van der Waals surface area contributed by atoms with Gasteiger partial charge in [0.1, 0.15) is 0 Å². The number of nitrogens with one attached hydrogen (secondary N) is 2. The maximum Gasteiger partial charge on any atom is 0.236 e. The number of hydrogen-bond acceptors (Lipinski definition) is 3. The maximum absolute atomic E-state index is 11.8. The summed E-state index contributed by atoms with van der Waals surface area (Å²) in [6.45, 7) is 5.64. The molecule has 0 radical (unpaired) electrons. The standard InChI is InChI=1S/C15H25N3O/c1-3-4-5-9-18-15(19)13(2)17-12-8-14-6-10-16-11-7-14/h6-7,10-11,13,17H,3-5,8-9,12H2,1-2H3,(H,18,19). The molecule has 0 aliphatic rings. The lowest BCUT2D eigenvalue weighted by Gasteiger charge is -2.14. The van der Waals surface area contributed by atoms with Crippen molar-refractivity contribution in [2.45, 2.75) is 45.6 Å². The SMILES string of the molecule is CCCCCNC(=O)C(C)NCCc1ccncc1. The Balaban J connectivity index is 2.12. The van der Waals surface area contributed by atoms with Crippen LogP contribution in [0.5, 0.6) is 0 Å². The Bertz CT molecular complexity index is 354. The van der Waals surface area contributed by atoms with Crippen molar-refractivity contribution in [2.75, 3.05) is 13.1 Å². The first-order valence-electron chi connectivity index (χ1n) is 7.14. The molecule has 19 heavy (non-hydrogen) atoms. The predicted octanol–water partition coefficient (Wildman–Crippen LogP) is 1.91. The fourth-order valence-corrected chi connectivity index (χ4v) is 1.81. The second kappa shape index (κ2) is 9.50. The Morgan fingerprint density at radius 1 is 1.26 bits per heavy atom. The van der Waals surface area contributed by atoms with Gasteiger partial charge in [-0.15, -0.1) is 0 Å². The third-order valence-electron chi connectivity index (χ3n) is 3.09. The molecule has 1 heterocycles. The summed E-state index contributed by atoms with van der Waals surface area (Å²) in [5.41, 5.74) is 1.23. The summed E-state index contributed by atoms with van der Waals surface area (Å²) in [6, 6.07) is 3.86. The first-order valence-corrected chi connectivity index (χ1v) is 7.14. The van der Waals surface area contributed by atoms with Gasteiger partial charge >= 0.3 is 0 Å². The van der Waals surface area contributed by atoms with Crippen molar-refractivity contribution in [2.24, 2.45) is 0 Å². The summed E-state index contributed by atoms with van der Waals surface area (Å²) in [5, 5.41) is 6.19. The molecule has 0 saturated heterocycles. The van der Waals surface area contributed by atoms with Gasteiger partial charge in [-0.1, -0.05) is 19.8 Å². The molecule has 0 bridgehead atoms. The highest BCUT2D eigenvalue weighted by Gasteiger charge is 2.10. The van der Waals surface area contributed by atoms with E-state index < -0.39 is 0 Å². The molecule has 2 N–H and O–H groups in total. The minimum Gasteiger partial charge on any atom is -0.355 e. The molecule has 1 unspecified atom stereocenters. The number of rotatable bonds is 9. The molecular weight excluding hydrogens is 238 g/mol. The fourth-order valence-electron chi connectivity index (χ4n) is 1.81. The molecule has 1 atom stereocenters. The molecule has 106 valence electrons. The van der Waals surface area contributed by atoms with Gasteiger partial charge < -0.3 is 10.6 Å². The number of aromatic nitrogens is 1. The van der Waals surface area contributed by atoms with E-state index in [1.54, 1.807) is 12.4 Å². The Hall–Kier alpha value is -1.42. The Kier molecular flexibility index (Phi) is 7.82. The number of nitrogens with zero attached hydrogens (tertiary/aromatic N) is 1. The number of hydrogen-bond donors (Lipinski definition) is 2. The molecule has 1 aromatic heterocycles. The molecule has 0 spiro atoms. The van der Waals surface area contributed by atoms with Crippen molar-refractivity contribution in [3.05, 3.63) is 30.1 Å². The van der Waals surface area contributed by atoms with Gasteiger partial charge in [-0.2, -0.15) is 0 Å². The van der Waals surface area contributed by atoms with E-state index in [1.807, 2.05) is 19.1 Å². The zero-order valence-corrected chi connectivity index (χ0v) is 12.0. The van der Waals surface area contributed by atoms with Crippen molar-refractivity contribution < 1.29 is 4.79 Å². The number of amides is 1. The Morgan fingerprint density at radius 3 is 2.68 bits per heavy atom. The monoisotopic (exact) mass is 263 g/mol. The lowest BCUT2D eigenvalue weighted by Crippen LogP contribution is -2.43. The van der Waals surface area contributed by atoms with E-state index in [1.165, 1.54) is 18.4 Å². The first kappa shape index (κ1) is 15.6. The summed E-state index contributed by atoms with van der Waals surface area (Å²) >= 11 is 0. The number of carbonyl (C=O) groups is 1. The van der Waals surface area contributed by atoms with Crippen LogP contribution in [0.25, 0.3) is 0 Å². The van der Waals surface area contributed by atoms with Crippen molar-refractivity contribution >= 4 is 5.91 Å². The fraction of sp³-hybridized carbons (Fsp3) is 0.600. The van der Waals surface area contributed by atoms with Gasteiger partial charge in [-0.3, -0.25) is 9.78 Å². The van der Waals surface area contributed by atoms with Gasteiger partial charge in [-0.05, 0) is 44.0 Å². The number of unbranched alkanes of at least 4 members (excludes halogenated alkanes) is 2. The van der Waals surface area contributed by atoms with E-state index in [0.717, 1.165) is 25.9 Å². The Morgan fingerprint density at radius 2 is 2.00 bits per heavy atom. The van der Waals surface area contributed by atoms with Crippen molar-refractivity contribution in [3.63, 3.8) is 0 Å². The number of carbonyl (C=O) groups excluding carboxylic acids is 1. The highest BCUT2D eigenvalue weighted by Crippen LogP contribution is 1.96. The topological polar surface area (TPSA) is 54.0 Å². The molecule has 0 aromatic carbocycles. The van der Waals surface area contributed by atoms with Crippen LogP contribution in [0.1, 0.15) is 38.7 Å². The van der Waals surface area contributed by atoms with Crippen LogP contribution in [0.3, 0.4) is 0 Å². The third kappa shape index (κ3) is 6.91.